The number of esters is 1. The summed E-state index contributed by atoms with van der Waals surface area (Å²) in [6.07, 6.45) is -0.823. The van der Waals surface area contributed by atoms with Crippen LogP contribution in [-0.4, -0.2) is 67.3 Å². The second-order valence-electron chi connectivity index (χ2n) is 8.22. The minimum absolute atomic E-state index is 0.0260. The first-order valence-electron chi connectivity index (χ1n) is 11.2. The van der Waals surface area contributed by atoms with Crippen molar-refractivity contribution in [1.29, 1.82) is 5.41 Å². The zero-order chi connectivity index (χ0) is 26.1. The largest absolute Gasteiger partial charge is 0.467 e. The number of nitrogens with two attached hydrogens (primary N) is 1. The van der Waals surface area contributed by atoms with E-state index in [1.165, 1.54) is 19.1 Å². The van der Waals surface area contributed by atoms with E-state index in [-0.39, 0.29) is 31.3 Å². The van der Waals surface area contributed by atoms with Crippen LogP contribution in [0.4, 0.5) is 4.79 Å². The van der Waals surface area contributed by atoms with Crippen LogP contribution in [0, 0.1) is 5.41 Å². The van der Waals surface area contributed by atoms with E-state index in [4.69, 9.17) is 25.5 Å². The van der Waals surface area contributed by atoms with Crippen molar-refractivity contribution in [3.63, 3.8) is 0 Å². The van der Waals surface area contributed by atoms with Crippen LogP contribution in [0.2, 0.25) is 0 Å². The van der Waals surface area contributed by atoms with Crippen LogP contribution in [0.15, 0.2) is 59.8 Å². The van der Waals surface area contributed by atoms with Gasteiger partial charge in [-0.15, -0.1) is 0 Å². The lowest BCUT2D eigenvalue weighted by atomic mass is 10.0. The second kappa shape index (κ2) is 12.3. The second-order valence-corrected chi connectivity index (χ2v) is 8.22. The van der Waals surface area contributed by atoms with Gasteiger partial charge in [0.1, 0.15) is 24.6 Å². The Bertz CT molecular complexity index is 1120. The molecule has 190 valence electrons. The van der Waals surface area contributed by atoms with E-state index in [9.17, 15) is 14.4 Å². The molecule has 0 bridgehead atoms. The van der Waals surface area contributed by atoms with Crippen molar-refractivity contribution in [2.75, 3.05) is 20.7 Å². The van der Waals surface area contributed by atoms with Gasteiger partial charge in [0.2, 0.25) is 5.91 Å². The number of nitrogen functional groups attached to an aromatic ring is 1. The summed E-state index contributed by atoms with van der Waals surface area (Å²) in [5, 5.41) is 14.0. The van der Waals surface area contributed by atoms with E-state index in [0.29, 0.717) is 17.7 Å². The van der Waals surface area contributed by atoms with Crippen LogP contribution in [0.3, 0.4) is 0 Å². The van der Waals surface area contributed by atoms with Crippen LogP contribution in [0.1, 0.15) is 29.5 Å². The summed E-state index contributed by atoms with van der Waals surface area (Å²) in [6, 6.07) is 15.0. The zero-order valence-corrected chi connectivity index (χ0v) is 20.1. The van der Waals surface area contributed by atoms with Gasteiger partial charge in [0.15, 0.2) is 0 Å². The standard InChI is InChI=1S/C25H29N5O6/c1-30(14-21(24(32)34-2)28-25(33)35-15-16-6-4-3-5-7-16)22(31)13-19-12-20(29-36-19)17-8-10-18(11-9-17)23(26)27/h3-11,19,21H,12-15H2,1-2H3,(H3,26,27)(H,28,33)/t19?,21-/m0/s1. The fraction of sp³-hybridized carbons (Fsp3) is 0.320. The molecule has 2 amide bonds. The van der Waals surface area contributed by atoms with Gasteiger partial charge in [-0.3, -0.25) is 10.2 Å². The lowest BCUT2D eigenvalue weighted by Crippen LogP contribution is -2.49. The molecular formula is C25H29N5O6. The molecule has 1 aliphatic rings. The van der Waals surface area contributed by atoms with E-state index >= 15 is 0 Å². The number of alkyl carbamates (subject to hydrolysis) is 1. The van der Waals surface area contributed by atoms with Crippen LogP contribution < -0.4 is 11.1 Å². The number of nitrogens with zero attached hydrogens (tertiary/aromatic N) is 2. The van der Waals surface area contributed by atoms with Crippen molar-refractivity contribution in [2.45, 2.75) is 31.6 Å². The number of rotatable bonds is 10. The number of methoxy groups -OCH3 is 1. The Morgan fingerprint density at radius 2 is 1.89 bits per heavy atom. The molecule has 0 fully saturated rings. The number of amidine groups is 1. The summed E-state index contributed by atoms with van der Waals surface area (Å²) in [6.45, 7) is -0.0763. The molecule has 2 aromatic rings. The molecule has 36 heavy (non-hydrogen) atoms. The van der Waals surface area contributed by atoms with Gasteiger partial charge in [-0.25, -0.2) is 9.59 Å². The molecule has 11 heteroatoms. The van der Waals surface area contributed by atoms with Gasteiger partial charge < -0.3 is 30.3 Å². The highest BCUT2D eigenvalue weighted by Crippen LogP contribution is 2.20. The zero-order valence-electron chi connectivity index (χ0n) is 20.1. The fourth-order valence-corrected chi connectivity index (χ4v) is 3.51. The number of amides is 2. The van der Waals surface area contributed by atoms with Crippen LogP contribution >= 0.6 is 0 Å². The van der Waals surface area contributed by atoms with Gasteiger partial charge in [-0.2, -0.15) is 0 Å². The Balaban J connectivity index is 1.49. The highest BCUT2D eigenvalue weighted by Gasteiger charge is 2.29. The number of oxime groups is 1. The number of ether oxygens (including phenoxy) is 2. The van der Waals surface area contributed by atoms with Gasteiger partial charge in [-0.1, -0.05) is 59.8 Å². The third-order valence-electron chi connectivity index (χ3n) is 5.54. The molecule has 0 saturated heterocycles. The Labute approximate surface area is 208 Å². The Hall–Kier alpha value is -4.41. The number of hydrogen-bond acceptors (Lipinski definition) is 8. The molecule has 1 unspecified atom stereocenters. The Morgan fingerprint density at radius 1 is 1.19 bits per heavy atom. The molecule has 0 aliphatic carbocycles. The summed E-state index contributed by atoms with van der Waals surface area (Å²) in [5.41, 5.74) is 8.37. The van der Waals surface area contributed by atoms with Crippen molar-refractivity contribution in [1.82, 2.24) is 10.2 Å². The van der Waals surface area contributed by atoms with Crippen molar-refractivity contribution < 1.29 is 28.7 Å². The molecule has 0 spiro atoms. The Kier molecular flexibility index (Phi) is 8.98. The lowest BCUT2D eigenvalue weighted by Gasteiger charge is -2.24. The smallest absolute Gasteiger partial charge is 0.408 e. The molecular weight excluding hydrogens is 466 g/mol. The molecule has 4 N–H and O–H groups in total. The normalized spacial score (nSPS) is 15.2. The maximum atomic E-state index is 12.8. The van der Waals surface area contributed by atoms with Gasteiger partial charge in [0, 0.05) is 19.0 Å². The predicted molar refractivity (Wildman–Crippen MR) is 131 cm³/mol. The molecule has 2 aromatic carbocycles. The first-order chi connectivity index (χ1) is 17.3. The molecule has 3 rings (SSSR count). The average Bonchev–Trinajstić information content (AvgIpc) is 3.35. The number of nitrogens with one attached hydrogen (secondary N) is 2. The monoisotopic (exact) mass is 495 g/mol. The van der Waals surface area contributed by atoms with Gasteiger partial charge in [0.25, 0.3) is 0 Å². The number of benzene rings is 2. The molecule has 2 atom stereocenters. The van der Waals surface area contributed by atoms with Crippen LogP contribution in [-0.2, 0) is 30.5 Å². The summed E-state index contributed by atoms with van der Waals surface area (Å²) in [7, 11) is 2.72. The molecule has 11 nitrogen and oxygen atoms in total. The van der Waals surface area contributed by atoms with Crippen LogP contribution in [0.25, 0.3) is 0 Å². The fourth-order valence-electron chi connectivity index (χ4n) is 3.51. The highest BCUT2D eigenvalue weighted by molar-refractivity contribution is 6.02. The molecule has 0 saturated carbocycles. The SMILES string of the molecule is COC(=O)[C@H](CN(C)C(=O)CC1CC(c2ccc(C(=N)N)cc2)=NO1)NC(=O)OCc1ccccc1. The third kappa shape index (κ3) is 7.29. The van der Waals surface area contributed by atoms with E-state index in [1.807, 2.05) is 18.2 Å². The number of carbonyl (C=O) groups is 3. The summed E-state index contributed by atoms with van der Waals surface area (Å²) < 4.78 is 9.93. The summed E-state index contributed by atoms with van der Waals surface area (Å²) >= 11 is 0. The highest BCUT2D eigenvalue weighted by atomic mass is 16.6. The maximum absolute atomic E-state index is 12.8. The first-order valence-corrected chi connectivity index (χ1v) is 11.2. The van der Waals surface area contributed by atoms with Crippen LogP contribution in [0.5, 0.6) is 0 Å². The van der Waals surface area contributed by atoms with Crippen molar-refractivity contribution in [2.24, 2.45) is 10.9 Å². The quantitative estimate of drug-likeness (QED) is 0.258. The van der Waals surface area contributed by atoms with Crippen molar-refractivity contribution in [3.8, 4) is 0 Å². The van der Waals surface area contributed by atoms with E-state index in [0.717, 1.165) is 11.1 Å². The number of likely N-dealkylation sites (N-methyl/N-ethyl adjacent to an activating group) is 1. The maximum Gasteiger partial charge on any atom is 0.408 e. The third-order valence-corrected chi connectivity index (χ3v) is 5.54. The topological polar surface area (TPSA) is 156 Å². The first kappa shape index (κ1) is 26.2. The van der Waals surface area contributed by atoms with Crippen molar-refractivity contribution in [3.05, 3.63) is 71.3 Å². The van der Waals surface area contributed by atoms with E-state index in [2.05, 4.69) is 10.5 Å². The molecule has 0 aromatic heterocycles. The number of hydrogen-bond donors (Lipinski definition) is 3. The predicted octanol–water partition coefficient (Wildman–Crippen LogP) is 1.78. The molecule has 1 heterocycles. The van der Waals surface area contributed by atoms with Gasteiger partial charge >= 0.3 is 12.1 Å². The lowest BCUT2D eigenvalue weighted by molar-refractivity contribution is -0.144. The van der Waals surface area contributed by atoms with E-state index < -0.39 is 24.2 Å². The van der Waals surface area contributed by atoms with E-state index in [1.54, 1.807) is 36.4 Å². The summed E-state index contributed by atoms with van der Waals surface area (Å²) in [4.78, 5) is 43.9. The molecule has 1 aliphatic heterocycles. The van der Waals surface area contributed by atoms with Crippen molar-refractivity contribution >= 4 is 29.5 Å². The number of carbonyl (C=O) groups excluding carboxylic acids is 3. The van der Waals surface area contributed by atoms with Gasteiger partial charge in [-0.05, 0) is 11.1 Å². The average molecular weight is 496 g/mol. The minimum atomic E-state index is -1.11. The minimum Gasteiger partial charge on any atom is -0.467 e. The molecule has 0 radical (unpaired) electrons. The summed E-state index contributed by atoms with van der Waals surface area (Å²) in [5.74, 6) is -1.03. The Morgan fingerprint density at radius 3 is 2.53 bits per heavy atom. The van der Waals surface area contributed by atoms with Gasteiger partial charge in [0.05, 0.1) is 25.8 Å².